The molecule has 284 valence electrons. The smallest absolute Gasteiger partial charge is 0.269 e. The Balaban J connectivity index is 0.000000270. The normalized spacial score (nSPS) is 18.5. The number of alkyl halides is 12. The molecule has 0 radical (unpaired) electrons. The van der Waals surface area contributed by atoms with Crippen molar-refractivity contribution in [3.05, 3.63) is 69.8 Å². The fourth-order valence-electron chi connectivity index (χ4n) is 6.10. The van der Waals surface area contributed by atoms with Crippen LogP contribution in [0.3, 0.4) is 0 Å². The molecule has 20 heteroatoms. The first-order valence-electron chi connectivity index (χ1n) is 14.7. The maximum Gasteiger partial charge on any atom is 0.416 e. The van der Waals surface area contributed by atoms with E-state index in [9.17, 15) is 69.5 Å². The van der Waals surface area contributed by atoms with E-state index in [1.165, 1.54) is 0 Å². The predicted molar refractivity (Wildman–Crippen MR) is 155 cm³/mol. The molecule has 0 heterocycles. The molecule has 2 aromatic carbocycles. The third-order valence-electron chi connectivity index (χ3n) is 8.62. The van der Waals surface area contributed by atoms with Crippen molar-refractivity contribution < 1.29 is 77.9 Å². The number of rotatable bonds is 8. The average molecular weight is 781 g/mol. The van der Waals surface area contributed by atoms with E-state index in [-0.39, 0.29) is 48.9 Å². The van der Waals surface area contributed by atoms with E-state index in [1.807, 2.05) is 0 Å². The highest BCUT2D eigenvalue weighted by Gasteiger charge is 2.44. The molecule has 2 fully saturated rings. The summed E-state index contributed by atoms with van der Waals surface area (Å²) in [4.78, 5) is 0. The topological polar surface area (TPSA) is 86.7 Å². The van der Waals surface area contributed by atoms with Crippen LogP contribution in [0.5, 0.6) is 0 Å². The second-order valence-electron chi connectivity index (χ2n) is 12.5. The molecule has 50 heavy (non-hydrogen) atoms. The summed E-state index contributed by atoms with van der Waals surface area (Å²) in [5, 5.41) is 0. The lowest BCUT2D eigenvalue weighted by molar-refractivity contribution is -0.144. The summed E-state index contributed by atoms with van der Waals surface area (Å²) in [6.45, 7) is -0.963. The highest BCUT2D eigenvalue weighted by atomic mass is 32.2. The molecule has 0 spiro atoms. The zero-order chi connectivity index (χ0) is 38.2. The fourth-order valence-corrected chi connectivity index (χ4v) is 6.98. The van der Waals surface area contributed by atoms with Gasteiger partial charge in [0.15, 0.2) is 0 Å². The van der Waals surface area contributed by atoms with E-state index in [4.69, 9.17) is 8.37 Å². The van der Waals surface area contributed by atoms with Crippen molar-refractivity contribution in [1.82, 2.24) is 0 Å². The molecule has 2 aliphatic rings. The second kappa shape index (κ2) is 14.4. The van der Waals surface area contributed by atoms with Crippen LogP contribution in [0.25, 0.3) is 0 Å². The maximum atomic E-state index is 13.0. The zero-order valence-electron chi connectivity index (χ0n) is 26.3. The lowest BCUT2D eigenvalue weighted by Gasteiger charge is -2.30. The van der Waals surface area contributed by atoms with E-state index < -0.39 is 91.2 Å². The number of halogens is 12. The van der Waals surface area contributed by atoms with E-state index in [1.54, 1.807) is 0 Å². The molecule has 0 atom stereocenters. The first-order valence-corrected chi connectivity index (χ1v) is 18.4. The molecule has 0 unspecified atom stereocenters. The molecular formula is C30H32F12O6S2. The Bertz CT molecular complexity index is 1520. The maximum absolute atomic E-state index is 13.0. The van der Waals surface area contributed by atoms with Gasteiger partial charge < -0.3 is 0 Å². The van der Waals surface area contributed by atoms with Crippen molar-refractivity contribution in [2.24, 2.45) is 0 Å². The van der Waals surface area contributed by atoms with Crippen LogP contribution in [-0.4, -0.2) is 42.6 Å². The van der Waals surface area contributed by atoms with Gasteiger partial charge in [0.05, 0.1) is 48.0 Å². The average Bonchev–Trinajstić information content (AvgIpc) is 3.64. The molecule has 0 saturated heterocycles. The van der Waals surface area contributed by atoms with Gasteiger partial charge in [-0.25, -0.2) is 0 Å². The zero-order valence-corrected chi connectivity index (χ0v) is 28.0. The summed E-state index contributed by atoms with van der Waals surface area (Å²) in [5.41, 5.74) is -8.43. The van der Waals surface area contributed by atoms with Gasteiger partial charge in [-0.2, -0.15) is 69.5 Å². The van der Waals surface area contributed by atoms with Crippen LogP contribution in [0.15, 0.2) is 36.4 Å². The van der Waals surface area contributed by atoms with Crippen molar-refractivity contribution in [2.45, 2.75) is 86.9 Å². The summed E-state index contributed by atoms with van der Waals surface area (Å²) in [5.74, 6) is 0. The Kier molecular flexibility index (Phi) is 12.1. The molecule has 2 saturated carbocycles. The van der Waals surface area contributed by atoms with Crippen LogP contribution in [-0.2, 0) is 64.1 Å². The SMILES string of the molecule is CS(=O)(=O)OCC1(c2cc(C(F)(F)F)cc(C(F)(F)F)c2)CCCC1.CS(=O)(=O)OCC1(c2cc(C(F)(F)F)cc(C(F)(F)F)c2)CCCC1. The number of hydrogen-bond donors (Lipinski definition) is 0. The molecule has 4 rings (SSSR count). The van der Waals surface area contributed by atoms with Crippen LogP contribution < -0.4 is 0 Å². The van der Waals surface area contributed by atoms with Crippen molar-refractivity contribution in [1.29, 1.82) is 0 Å². The molecule has 0 amide bonds. The van der Waals surface area contributed by atoms with E-state index in [0.717, 1.165) is 12.5 Å². The molecular weight excluding hydrogens is 748 g/mol. The van der Waals surface area contributed by atoms with E-state index in [0.29, 0.717) is 49.9 Å². The van der Waals surface area contributed by atoms with Crippen LogP contribution >= 0.6 is 0 Å². The standard InChI is InChI=1S/2C15H16F6O3S/c2*1-25(22,23)24-9-13(4-2-3-5-13)10-6-11(14(16,17)18)8-12(7-10)15(19,20)21/h2*6-8H,2-5,9H2,1H3. The van der Waals surface area contributed by atoms with Crippen LogP contribution in [0.2, 0.25) is 0 Å². The highest BCUT2D eigenvalue weighted by molar-refractivity contribution is 7.86. The molecule has 2 aromatic rings. The Morgan fingerprint density at radius 3 is 0.880 bits per heavy atom. The van der Waals surface area contributed by atoms with Crippen molar-refractivity contribution in [2.75, 3.05) is 25.7 Å². The van der Waals surface area contributed by atoms with Gasteiger partial charge in [-0.15, -0.1) is 0 Å². The Hall–Kier alpha value is -2.58. The van der Waals surface area contributed by atoms with Crippen molar-refractivity contribution in [3.8, 4) is 0 Å². The first-order chi connectivity index (χ1) is 22.5. The van der Waals surface area contributed by atoms with Crippen LogP contribution in [0.4, 0.5) is 52.7 Å². The van der Waals surface area contributed by atoms with Crippen molar-refractivity contribution in [3.63, 3.8) is 0 Å². The summed E-state index contributed by atoms with van der Waals surface area (Å²) < 4.78 is 211. The monoisotopic (exact) mass is 780 g/mol. The Morgan fingerprint density at radius 2 is 0.700 bits per heavy atom. The van der Waals surface area contributed by atoms with Gasteiger partial charge in [0, 0.05) is 10.8 Å². The lowest BCUT2D eigenvalue weighted by atomic mass is 9.78. The fraction of sp³-hybridized carbons (Fsp3) is 0.600. The molecule has 2 aliphatic carbocycles. The minimum Gasteiger partial charge on any atom is -0.269 e. The Morgan fingerprint density at radius 1 is 0.480 bits per heavy atom. The molecule has 0 aromatic heterocycles. The minimum absolute atomic E-state index is 0.0591. The highest BCUT2D eigenvalue weighted by Crippen LogP contribution is 2.47. The van der Waals surface area contributed by atoms with Gasteiger partial charge in [0.2, 0.25) is 0 Å². The van der Waals surface area contributed by atoms with Gasteiger partial charge in [0.1, 0.15) is 0 Å². The summed E-state index contributed by atoms with van der Waals surface area (Å²) in [7, 11) is -7.76. The van der Waals surface area contributed by atoms with Crippen molar-refractivity contribution >= 4 is 20.2 Å². The quantitative estimate of drug-likeness (QED) is 0.196. The minimum atomic E-state index is -4.95. The summed E-state index contributed by atoms with van der Waals surface area (Å²) in [6.07, 6.45) is -15.0. The van der Waals surface area contributed by atoms with Crippen LogP contribution in [0, 0.1) is 0 Å². The van der Waals surface area contributed by atoms with Gasteiger partial charge in [0.25, 0.3) is 20.2 Å². The van der Waals surface area contributed by atoms with Gasteiger partial charge >= 0.3 is 24.7 Å². The van der Waals surface area contributed by atoms with Gasteiger partial charge in [-0.3, -0.25) is 8.37 Å². The predicted octanol–water partition coefficient (Wildman–Crippen LogP) is 9.02. The largest absolute Gasteiger partial charge is 0.416 e. The molecule has 0 aliphatic heterocycles. The lowest BCUT2D eigenvalue weighted by Crippen LogP contribution is -2.31. The van der Waals surface area contributed by atoms with E-state index in [2.05, 4.69) is 0 Å². The summed E-state index contributed by atoms with van der Waals surface area (Å²) in [6, 6.07) is 2.75. The molecule has 0 bridgehead atoms. The molecule has 6 nitrogen and oxygen atoms in total. The molecule has 0 N–H and O–H groups in total. The van der Waals surface area contributed by atoms with E-state index >= 15 is 0 Å². The number of benzene rings is 2. The summed E-state index contributed by atoms with van der Waals surface area (Å²) >= 11 is 0. The van der Waals surface area contributed by atoms with Gasteiger partial charge in [-0.1, -0.05) is 25.7 Å². The third-order valence-corrected chi connectivity index (χ3v) is 9.71. The Labute approximate surface area is 280 Å². The van der Waals surface area contributed by atoms with Crippen LogP contribution in [0.1, 0.15) is 84.7 Å². The third kappa shape index (κ3) is 11.2. The van der Waals surface area contributed by atoms with Gasteiger partial charge in [-0.05, 0) is 73.2 Å². The number of hydrogen-bond acceptors (Lipinski definition) is 6. The first kappa shape index (κ1) is 41.8. The second-order valence-corrected chi connectivity index (χ2v) is 15.8.